The second-order valence-electron chi connectivity index (χ2n) is 7.29. The number of amides is 2. The molecule has 0 aliphatic carbocycles. The molecule has 0 fully saturated rings. The molecule has 0 heterocycles. The number of nitrogens with zero attached hydrogens (tertiary/aromatic N) is 2. The summed E-state index contributed by atoms with van der Waals surface area (Å²) >= 11 is 0. The van der Waals surface area contributed by atoms with Gasteiger partial charge in [-0.05, 0) is 42.3 Å². The lowest BCUT2D eigenvalue weighted by Crippen LogP contribution is -2.26. The maximum Gasteiger partial charge on any atom is 0.343 e. The zero-order chi connectivity index (χ0) is 25.0. The van der Waals surface area contributed by atoms with Crippen LogP contribution in [0.25, 0.3) is 0 Å². The number of benzene rings is 3. The molecule has 0 bridgehead atoms. The number of carbonyl (C=O) groups is 3. The van der Waals surface area contributed by atoms with Crippen LogP contribution in [-0.2, 0) is 4.79 Å². The second-order valence-corrected chi connectivity index (χ2v) is 7.29. The van der Waals surface area contributed by atoms with Crippen LogP contribution in [-0.4, -0.2) is 35.5 Å². The predicted molar refractivity (Wildman–Crippen MR) is 128 cm³/mol. The Kier molecular flexibility index (Phi) is 8.78. The fourth-order valence-electron chi connectivity index (χ4n) is 2.95. The molecule has 0 aliphatic heterocycles. The van der Waals surface area contributed by atoms with E-state index in [1.54, 1.807) is 42.5 Å². The fraction of sp³-hybridized carbons (Fsp3) is 0.120. The van der Waals surface area contributed by atoms with E-state index < -0.39 is 10.9 Å². The average molecular weight is 474 g/mol. The summed E-state index contributed by atoms with van der Waals surface area (Å²) < 4.78 is 5.27. The summed E-state index contributed by atoms with van der Waals surface area (Å²) in [6.45, 7) is 0.350. The quantitative estimate of drug-likeness (QED) is 0.115. The third kappa shape index (κ3) is 7.90. The molecule has 178 valence electrons. The van der Waals surface area contributed by atoms with E-state index in [4.69, 9.17) is 4.74 Å². The van der Waals surface area contributed by atoms with Crippen LogP contribution >= 0.6 is 0 Å². The molecule has 0 atom stereocenters. The van der Waals surface area contributed by atoms with Crippen molar-refractivity contribution >= 4 is 29.7 Å². The van der Waals surface area contributed by atoms with Gasteiger partial charge in [-0.1, -0.05) is 36.4 Å². The van der Waals surface area contributed by atoms with E-state index in [2.05, 4.69) is 15.8 Å². The Morgan fingerprint density at radius 1 is 0.943 bits per heavy atom. The molecule has 0 aromatic heterocycles. The molecular weight excluding hydrogens is 452 g/mol. The van der Waals surface area contributed by atoms with Crippen molar-refractivity contribution in [2.75, 3.05) is 6.54 Å². The van der Waals surface area contributed by atoms with Gasteiger partial charge in [-0.15, -0.1) is 0 Å². The van der Waals surface area contributed by atoms with E-state index in [1.807, 2.05) is 6.07 Å². The number of non-ortho nitro benzene ring substituents is 1. The van der Waals surface area contributed by atoms with Crippen LogP contribution in [0, 0.1) is 10.1 Å². The van der Waals surface area contributed by atoms with E-state index in [1.165, 1.54) is 30.5 Å². The highest BCUT2D eigenvalue weighted by Crippen LogP contribution is 2.17. The predicted octanol–water partition coefficient (Wildman–Crippen LogP) is 3.47. The SMILES string of the molecule is O=C(CCCNC(=O)c1ccccc1)NN=Cc1cccc(OC(=O)c2cccc([N+](=O)[O-])c2)c1. The molecule has 3 rings (SSSR count). The number of nitro benzene ring substituents is 1. The first-order valence-corrected chi connectivity index (χ1v) is 10.6. The lowest BCUT2D eigenvalue weighted by Gasteiger charge is -2.05. The summed E-state index contributed by atoms with van der Waals surface area (Å²) in [7, 11) is 0. The lowest BCUT2D eigenvalue weighted by atomic mass is 10.2. The van der Waals surface area contributed by atoms with Gasteiger partial charge in [-0.2, -0.15) is 5.10 Å². The van der Waals surface area contributed by atoms with Crippen molar-refractivity contribution in [3.8, 4) is 5.75 Å². The van der Waals surface area contributed by atoms with E-state index in [-0.39, 0.29) is 35.2 Å². The van der Waals surface area contributed by atoms with Crippen molar-refractivity contribution in [1.82, 2.24) is 10.7 Å². The Balaban J connectivity index is 1.43. The summed E-state index contributed by atoms with van der Waals surface area (Å²) in [4.78, 5) is 46.4. The van der Waals surface area contributed by atoms with Gasteiger partial charge in [0.15, 0.2) is 0 Å². The summed E-state index contributed by atoms with van der Waals surface area (Å²) in [5, 5.41) is 17.5. The van der Waals surface area contributed by atoms with Crippen LogP contribution in [0.2, 0.25) is 0 Å². The molecule has 10 nitrogen and oxygen atoms in total. The third-order valence-electron chi connectivity index (χ3n) is 4.67. The topological polar surface area (TPSA) is 140 Å². The monoisotopic (exact) mass is 474 g/mol. The van der Waals surface area contributed by atoms with Crippen LogP contribution < -0.4 is 15.5 Å². The van der Waals surface area contributed by atoms with Crippen molar-refractivity contribution in [2.24, 2.45) is 5.10 Å². The number of carbonyl (C=O) groups excluding carboxylic acids is 3. The van der Waals surface area contributed by atoms with Crippen LogP contribution in [0.3, 0.4) is 0 Å². The lowest BCUT2D eigenvalue weighted by molar-refractivity contribution is -0.384. The van der Waals surface area contributed by atoms with E-state index >= 15 is 0 Å². The molecular formula is C25H22N4O6. The smallest absolute Gasteiger partial charge is 0.343 e. The number of esters is 1. The molecule has 0 saturated heterocycles. The van der Waals surface area contributed by atoms with Crippen LogP contribution in [0.1, 0.15) is 39.1 Å². The normalized spacial score (nSPS) is 10.5. The van der Waals surface area contributed by atoms with Gasteiger partial charge < -0.3 is 10.1 Å². The average Bonchev–Trinajstić information content (AvgIpc) is 2.87. The number of ether oxygens (including phenoxy) is 1. The van der Waals surface area contributed by atoms with Crippen LogP contribution in [0.5, 0.6) is 5.75 Å². The van der Waals surface area contributed by atoms with Crippen LogP contribution in [0.4, 0.5) is 5.69 Å². The van der Waals surface area contributed by atoms with Crippen molar-refractivity contribution in [2.45, 2.75) is 12.8 Å². The largest absolute Gasteiger partial charge is 0.423 e. The molecule has 10 heteroatoms. The summed E-state index contributed by atoms with van der Waals surface area (Å²) in [6.07, 6.45) is 2.01. The highest BCUT2D eigenvalue weighted by atomic mass is 16.6. The van der Waals surface area contributed by atoms with Gasteiger partial charge in [-0.3, -0.25) is 19.7 Å². The Morgan fingerprint density at radius 3 is 2.46 bits per heavy atom. The minimum Gasteiger partial charge on any atom is -0.423 e. The molecule has 0 saturated carbocycles. The van der Waals surface area contributed by atoms with Crippen molar-refractivity contribution in [3.05, 3.63) is 106 Å². The van der Waals surface area contributed by atoms with Gasteiger partial charge >= 0.3 is 5.97 Å². The first kappa shape index (κ1) is 24.8. The van der Waals surface area contributed by atoms with Crippen molar-refractivity contribution < 1.29 is 24.0 Å². The highest BCUT2D eigenvalue weighted by molar-refractivity contribution is 5.94. The van der Waals surface area contributed by atoms with Gasteiger partial charge in [0, 0.05) is 30.7 Å². The summed E-state index contributed by atoms with van der Waals surface area (Å²) in [5.41, 5.74) is 3.35. The molecule has 2 amide bonds. The van der Waals surface area contributed by atoms with Gasteiger partial charge in [0.25, 0.3) is 11.6 Å². The molecule has 0 aliphatic rings. The maximum absolute atomic E-state index is 12.3. The first-order chi connectivity index (χ1) is 16.9. The molecule has 0 unspecified atom stereocenters. The Bertz CT molecular complexity index is 1240. The molecule has 0 spiro atoms. The Morgan fingerprint density at radius 2 is 1.69 bits per heavy atom. The van der Waals surface area contributed by atoms with E-state index in [0.717, 1.165) is 6.07 Å². The van der Waals surface area contributed by atoms with Gasteiger partial charge in [-0.25, -0.2) is 10.2 Å². The number of hydrogen-bond donors (Lipinski definition) is 2. The second kappa shape index (κ2) is 12.4. The number of nitrogens with one attached hydrogen (secondary N) is 2. The minimum absolute atomic E-state index is 0.0468. The van der Waals surface area contributed by atoms with E-state index in [0.29, 0.717) is 24.1 Å². The number of nitro groups is 1. The third-order valence-corrected chi connectivity index (χ3v) is 4.67. The van der Waals surface area contributed by atoms with Crippen LogP contribution in [0.15, 0.2) is 84.0 Å². The highest BCUT2D eigenvalue weighted by Gasteiger charge is 2.13. The molecule has 0 radical (unpaired) electrons. The standard InChI is InChI=1S/C25H22N4O6/c30-23(13-6-14-26-24(31)19-8-2-1-3-9-19)28-27-17-18-7-4-12-22(15-18)35-25(32)20-10-5-11-21(16-20)29(33)34/h1-5,7-12,15-17H,6,13-14H2,(H,26,31)(H,28,30). The van der Waals surface area contributed by atoms with Crippen molar-refractivity contribution in [3.63, 3.8) is 0 Å². The van der Waals surface area contributed by atoms with Crippen molar-refractivity contribution in [1.29, 1.82) is 0 Å². The number of hydrazone groups is 1. The number of hydrogen-bond acceptors (Lipinski definition) is 7. The Hall–Kier alpha value is -4.86. The molecule has 35 heavy (non-hydrogen) atoms. The zero-order valence-electron chi connectivity index (χ0n) is 18.5. The summed E-state index contributed by atoms with van der Waals surface area (Å²) in [5.74, 6) is -1.04. The minimum atomic E-state index is -0.740. The Labute approximate surface area is 200 Å². The maximum atomic E-state index is 12.3. The molecule has 3 aromatic rings. The van der Waals surface area contributed by atoms with Gasteiger partial charge in [0.2, 0.25) is 5.91 Å². The van der Waals surface area contributed by atoms with E-state index in [9.17, 15) is 24.5 Å². The molecule has 2 N–H and O–H groups in total. The number of rotatable bonds is 10. The first-order valence-electron chi connectivity index (χ1n) is 10.6. The fourth-order valence-corrected chi connectivity index (χ4v) is 2.95. The zero-order valence-corrected chi connectivity index (χ0v) is 18.5. The van der Waals surface area contributed by atoms with Gasteiger partial charge in [0.05, 0.1) is 16.7 Å². The van der Waals surface area contributed by atoms with Gasteiger partial charge in [0.1, 0.15) is 5.75 Å². The summed E-state index contributed by atoms with van der Waals surface area (Å²) in [6, 6.07) is 20.4. The molecule has 3 aromatic carbocycles.